The molecular weight excluding hydrogens is 454 g/mol. The molecule has 0 atom stereocenters. The largest absolute Gasteiger partial charge is 0.497 e. The Hall–Kier alpha value is -2.49. The van der Waals surface area contributed by atoms with E-state index in [4.69, 9.17) is 19.1 Å². The van der Waals surface area contributed by atoms with Crippen LogP contribution in [0.2, 0.25) is 0 Å². The average Bonchev–Trinajstić information content (AvgIpc) is 3.39. The molecule has 1 aliphatic heterocycles. The number of aromatic nitrogens is 4. The van der Waals surface area contributed by atoms with E-state index in [9.17, 15) is 0 Å². The van der Waals surface area contributed by atoms with E-state index in [1.165, 1.54) is 35.0 Å². The fourth-order valence-corrected chi connectivity index (χ4v) is 5.99. The Morgan fingerprint density at radius 2 is 1.88 bits per heavy atom. The molecule has 33 heavy (non-hydrogen) atoms. The molecule has 0 N–H and O–H groups in total. The van der Waals surface area contributed by atoms with Gasteiger partial charge in [-0.2, -0.15) is 0 Å². The minimum atomic E-state index is 0.474. The molecule has 1 fully saturated rings. The van der Waals surface area contributed by atoms with Crippen molar-refractivity contribution in [2.24, 2.45) is 5.92 Å². The molecule has 4 heterocycles. The number of rotatable bonds is 6. The highest BCUT2D eigenvalue weighted by atomic mass is 32.2. The Bertz CT molecular complexity index is 1260. The second-order valence-electron chi connectivity index (χ2n) is 8.57. The quantitative estimate of drug-likeness (QED) is 0.322. The number of fused-ring (bicyclic) bond motifs is 1. The van der Waals surface area contributed by atoms with Crippen molar-refractivity contribution in [1.29, 1.82) is 0 Å². The first-order valence-corrected chi connectivity index (χ1v) is 12.8. The summed E-state index contributed by atoms with van der Waals surface area (Å²) in [6, 6.07) is 7.58. The molecule has 3 aromatic heterocycles. The number of aryl methyl sites for hydroxylation is 2. The highest BCUT2D eigenvalue weighted by Crippen LogP contribution is 2.38. The fourth-order valence-electron chi connectivity index (χ4n) is 4.00. The summed E-state index contributed by atoms with van der Waals surface area (Å²) in [6.45, 7) is 9.56. The molecule has 0 saturated carbocycles. The maximum absolute atomic E-state index is 5.98. The van der Waals surface area contributed by atoms with Crippen molar-refractivity contribution in [1.82, 2.24) is 25.1 Å². The van der Waals surface area contributed by atoms with E-state index >= 15 is 0 Å². The zero-order valence-electron chi connectivity index (χ0n) is 19.3. The molecule has 4 aromatic rings. The van der Waals surface area contributed by atoms with Gasteiger partial charge in [0.25, 0.3) is 5.22 Å². The van der Waals surface area contributed by atoms with Crippen LogP contribution in [0.15, 0.2) is 38.9 Å². The van der Waals surface area contributed by atoms with Crippen LogP contribution in [0.25, 0.3) is 21.7 Å². The molecule has 0 aliphatic carbocycles. The van der Waals surface area contributed by atoms with Gasteiger partial charge in [0, 0.05) is 15.8 Å². The zero-order valence-corrected chi connectivity index (χ0v) is 20.9. The van der Waals surface area contributed by atoms with Gasteiger partial charge in [0.1, 0.15) is 21.4 Å². The number of benzene rings is 1. The summed E-state index contributed by atoms with van der Waals surface area (Å²) < 4.78 is 11.2. The monoisotopic (exact) mass is 481 g/mol. The second kappa shape index (κ2) is 9.40. The molecule has 0 radical (unpaired) electrons. The van der Waals surface area contributed by atoms with E-state index < -0.39 is 0 Å². The summed E-state index contributed by atoms with van der Waals surface area (Å²) in [7, 11) is 1.65. The molecule has 0 unspecified atom stereocenters. The van der Waals surface area contributed by atoms with Crippen molar-refractivity contribution in [3.8, 4) is 17.2 Å². The lowest BCUT2D eigenvalue weighted by atomic mass is 9.99. The summed E-state index contributed by atoms with van der Waals surface area (Å²) in [6.07, 6.45) is 2.47. The number of hydrogen-bond acceptors (Lipinski definition) is 9. The molecule has 7 nitrogen and oxygen atoms in total. The SMILES string of the molecule is COc1ccc(-c2nnc(Sc3nc(CN4CCC(C)CC4)nc4sc(C)c(C)c34)o2)cc1. The van der Waals surface area contributed by atoms with E-state index in [2.05, 4.69) is 35.9 Å². The number of piperidine rings is 1. The fraction of sp³-hybridized carbons (Fsp3) is 0.417. The van der Waals surface area contributed by atoms with Crippen LogP contribution in [-0.2, 0) is 6.54 Å². The average molecular weight is 482 g/mol. The first-order chi connectivity index (χ1) is 16.0. The third kappa shape index (κ3) is 4.76. The summed E-state index contributed by atoms with van der Waals surface area (Å²) in [5.41, 5.74) is 2.07. The number of nitrogens with zero attached hydrogens (tertiary/aromatic N) is 5. The van der Waals surface area contributed by atoms with Gasteiger partial charge in [-0.05, 0) is 87.3 Å². The smallest absolute Gasteiger partial charge is 0.283 e. The van der Waals surface area contributed by atoms with E-state index in [1.807, 2.05) is 24.3 Å². The van der Waals surface area contributed by atoms with Gasteiger partial charge in [-0.15, -0.1) is 21.5 Å². The van der Waals surface area contributed by atoms with Crippen LogP contribution in [0.3, 0.4) is 0 Å². The number of methoxy groups -OCH3 is 1. The summed E-state index contributed by atoms with van der Waals surface area (Å²) in [4.78, 5) is 14.6. The Balaban J connectivity index is 1.43. The number of likely N-dealkylation sites (tertiary alicyclic amines) is 1. The van der Waals surface area contributed by atoms with Gasteiger partial charge in [0.2, 0.25) is 5.89 Å². The maximum Gasteiger partial charge on any atom is 0.283 e. The zero-order chi connectivity index (χ0) is 22.9. The van der Waals surface area contributed by atoms with E-state index in [0.29, 0.717) is 11.1 Å². The Morgan fingerprint density at radius 3 is 2.61 bits per heavy atom. The summed E-state index contributed by atoms with van der Waals surface area (Å²) in [5.74, 6) is 2.92. The van der Waals surface area contributed by atoms with Crippen LogP contribution < -0.4 is 4.74 Å². The molecule has 1 saturated heterocycles. The number of thiophene rings is 1. The predicted octanol–water partition coefficient (Wildman–Crippen LogP) is 5.75. The first kappa shape index (κ1) is 22.3. The van der Waals surface area contributed by atoms with Gasteiger partial charge in [-0.25, -0.2) is 9.97 Å². The van der Waals surface area contributed by atoms with Crippen LogP contribution in [-0.4, -0.2) is 45.3 Å². The van der Waals surface area contributed by atoms with Gasteiger partial charge in [-0.1, -0.05) is 6.92 Å². The van der Waals surface area contributed by atoms with Gasteiger partial charge in [0.15, 0.2) is 0 Å². The molecule has 0 amide bonds. The highest BCUT2D eigenvalue weighted by Gasteiger charge is 2.21. The Labute approximate surface area is 201 Å². The van der Waals surface area contributed by atoms with E-state index in [1.54, 1.807) is 18.4 Å². The van der Waals surface area contributed by atoms with Gasteiger partial charge >= 0.3 is 0 Å². The van der Waals surface area contributed by atoms with Crippen LogP contribution in [0.1, 0.15) is 36.0 Å². The Morgan fingerprint density at radius 1 is 1.12 bits per heavy atom. The van der Waals surface area contributed by atoms with Gasteiger partial charge in [-0.3, -0.25) is 4.90 Å². The van der Waals surface area contributed by atoms with Crippen LogP contribution in [0.5, 0.6) is 5.75 Å². The first-order valence-electron chi connectivity index (χ1n) is 11.1. The molecule has 1 aromatic carbocycles. The van der Waals surface area contributed by atoms with Crippen molar-refractivity contribution >= 4 is 33.3 Å². The van der Waals surface area contributed by atoms with Crippen molar-refractivity contribution in [2.75, 3.05) is 20.2 Å². The van der Waals surface area contributed by atoms with Crippen LogP contribution >= 0.6 is 23.1 Å². The second-order valence-corrected chi connectivity index (χ2v) is 10.7. The molecule has 172 valence electrons. The molecule has 9 heteroatoms. The lowest BCUT2D eigenvalue weighted by Crippen LogP contribution is -2.32. The topological polar surface area (TPSA) is 77.2 Å². The van der Waals surface area contributed by atoms with Crippen molar-refractivity contribution in [3.63, 3.8) is 0 Å². The number of ether oxygens (including phenoxy) is 1. The van der Waals surface area contributed by atoms with Crippen molar-refractivity contribution < 1.29 is 9.15 Å². The molecule has 0 spiro atoms. The minimum absolute atomic E-state index is 0.474. The van der Waals surface area contributed by atoms with Crippen LogP contribution in [0, 0.1) is 19.8 Å². The predicted molar refractivity (Wildman–Crippen MR) is 131 cm³/mol. The third-order valence-corrected chi connectivity index (χ3v) is 8.14. The lowest BCUT2D eigenvalue weighted by molar-refractivity contribution is 0.181. The normalized spacial score (nSPS) is 15.4. The maximum atomic E-state index is 5.98. The molecule has 5 rings (SSSR count). The van der Waals surface area contributed by atoms with Gasteiger partial charge < -0.3 is 9.15 Å². The number of hydrogen-bond donors (Lipinski definition) is 0. The third-order valence-electron chi connectivity index (χ3n) is 6.21. The van der Waals surface area contributed by atoms with Crippen LogP contribution in [0.4, 0.5) is 0 Å². The van der Waals surface area contributed by atoms with Crippen molar-refractivity contribution in [3.05, 3.63) is 40.5 Å². The highest BCUT2D eigenvalue weighted by molar-refractivity contribution is 7.99. The van der Waals surface area contributed by atoms with Crippen molar-refractivity contribution in [2.45, 2.75) is 50.4 Å². The summed E-state index contributed by atoms with van der Waals surface area (Å²) >= 11 is 3.14. The van der Waals surface area contributed by atoms with E-state index in [-0.39, 0.29) is 0 Å². The summed E-state index contributed by atoms with van der Waals surface area (Å²) in [5, 5.41) is 11.0. The molecule has 0 bridgehead atoms. The van der Waals surface area contributed by atoms with E-state index in [0.717, 1.165) is 57.9 Å². The van der Waals surface area contributed by atoms with Gasteiger partial charge in [0.05, 0.1) is 13.7 Å². The molecular formula is C24H27N5O2S2. The standard InChI is InChI=1S/C24H27N5O2S2/c1-14-9-11-29(12-10-14)13-19-25-22-20(15(2)16(3)32-22)23(26-19)33-24-28-27-21(31-24)17-5-7-18(30-4)8-6-17/h5-8,14H,9-13H2,1-4H3. The lowest BCUT2D eigenvalue weighted by Gasteiger charge is -2.29. The Kier molecular flexibility index (Phi) is 6.36. The minimum Gasteiger partial charge on any atom is -0.497 e. The molecule has 1 aliphatic rings.